The lowest BCUT2D eigenvalue weighted by atomic mass is 10.2. The van der Waals surface area contributed by atoms with Gasteiger partial charge in [-0.15, -0.1) is 0 Å². The third kappa shape index (κ3) is 2.96. The molecule has 1 aromatic rings. The molecule has 8 heteroatoms. The molecular weight excluding hydrogens is 377 g/mol. The number of aliphatic hydroxyl groups is 2. The van der Waals surface area contributed by atoms with E-state index in [4.69, 9.17) is 5.11 Å². The van der Waals surface area contributed by atoms with Crippen LogP contribution in [0.5, 0.6) is 0 Å². The third-order valence-corrected chi connectivity index (χ3v) is 4.23. The second-order valence-corrected chi connectivity index (χ2v) is 5.88. The number of nitrogens with zero attached hydrogens (tertiary/aromatic N) is 3. The quantitative estimate of drug-likeness (QED) is 0.656. The summed E-state index contributed by atoms with van der Waals surface area (Å²) in [6, 6.07) is 1.60. The van der Waals surface area contributed by atoms with E-state index < -0.39 is 12.2 Å². The van der Waals surface area contributed by atoms with Crippen LogP contribution in [0, 0.1) is 3.57 Å². The van der Waals surface area contributed by atoms with E-state index in [0.717, 1.165) is 8.47 Å². The molecule has 2 heterocycles. The summed E-state index contributed by atoms with van der Waals surface area (Å²) >= 11 is 2.05. The zero-order valence-corrected chi connectivity index (χ0v) is 13.1. The smallest absolute Gasteiger partial charge is 0.411 e. The monoisotopic (exact) mass is 393 g/mol. The Balaban J connectivity index is 2.27. The Morgan fingerprint density at radius 2 is 2.35 bits per heavy atom. The number of rotatable bonds is 3. The first-order chi connectivity index (χ1) is 9.43. The van der Waals surface area contributed by atoms with Gasteiger partial charge in [0.1, 0.15) is 5.82 Å². The summed E-state index contributed by atoms with van der Waals surface area (Å²) in [5.41, 5.74) is 0.502. The third-order valence-electron chi connectivity index (χ3n) is 3.37. The molecule has 0 bridgehead atoms. The van der Waals surface area contributed by atoms with Crippen LogP contribution >= 0.6 is 22.6 Å². The topological polar surface area (TPSA) is 97.1 Å². The van der Waals surface area contributed by atoms with Crippen LogP contribution in [0.25, 0.3) is 0 Å². The number of amides is 1. The first-order valence-electron chi connectivity index (χ1n) is 6.11. The minimum absolute atomic E-state index is 0.0495. The van der Waals surface area contributed by atoms with Crippen molar-refractivity contribution in [1.29, 1.82) is 0 Å². The van der Waals surface area contributed by atoms with Gasteiger partial charge in [0.25, 0.3) is 0 Å². The highest BCUT2D eigenvalue weighted by Gasteiger charge is 2.31. The predicted octanol–water partition coefficient (Wildman–Crippen LogP) is 0.732. The molecule has 1 saturated heterocycles. The normalized spacial score (nSPS) is 22.1. The number of carboxylic acid groups (broad SMARTS) is 1. The number of anilines is 2. The van der Waals surface area contributed by atoms with Crippen molar-refractivity contribution in [2.75, 3.05) is 30.0 Å². The largest absolute Gasteiger partial charge is 0.465 e. The highest BCUT2D eigenvalue weighted by molar-refractivity contribution is 14.1. The van der Waals surface area contributed by atoms with Gasteiger partial charge in [-0.25, -0.2) is 9.78 Å². The summed E-state index contributed by atoms with van der Waals surface area (Å²) in [6.07, 6.45) is 0.464. The number of halogens is 1. The Morgan fingerprint density at radius 1 is 1.65 bits per heavy atom. The molecule has 0 spiro atoms. The molecule has 0 aliphatic carbocycles. The maximum atomic E-state index is 11.0. The Bertz CT molecular complexity index is 513. The van der Waals surface area contributed by atoms with Gasteiger partial charge in [0.05, 0.1) is 30.6 Å². The fourth-order valence-electron chi connectivity index (χ4n) is 2.27. The first kappa shape index (κ1) is 15.3. The van der Waals surface area contributed by atoms with Crippen LogP contribution in [0.4, 0.5) is 16.3 Å². The van der Waals surface area contributed by atoms with E-state index in [9.17, 15) is 15.0 Å². The van der Waals surface area contributed by atoms with Crippen molar-refractivity contribution in [2.24, 2.45) is 0 Å². The van der Waals surface area contributed by atoms with Crippen molar-refractivity contribution in [1.82, 2.24) is 4.98 Å². The molecule has 0 aromatic carbocycles. The summed E-state index contributed by atoms with van der Waals surface area (Å²) in [4.78, 5) is 18.1. The molecule has 0 unspecified atom stereocenters. The average Bonchev–Trinajstić information content (AvgIpc) is 2.79. The fourth-order valence-corrected chi connectivity index (χ4v) is 3.05. The summed E-state index contributed by atoms with van der Waals surface area (Å²) in [6.45, 7) is 0.370. The van der Waals surface area contributed by atoms with Gasteiger partial charge in [0.15, 0.2) is 0 Å². The predicted molar refractivity (Wildman–Crippen MR) is 82.2 cm³/mol. The second kappa shape index (κ2) is 6.10. The highest BCUT2D eigenvalue weighted by Crippen LogP contribution is 2.29. The lowest BCUT2D eigenvalue weighted by Crippen LogP contribution is -2.33. The Kier molecular flexibility index (Phi) is 4.66. The summed E-state index contributed by atoms with van der Waals surface area (Å²) in [5, 5.41) is 28.0. The van der Waals surface area contributed by atoms with Gasteiger partial charge in [-0.2, -0.15) is 0 Å². The van der Waals surface area contributed by atoms with Crippen molar-refractivity contribution in [3.63, 3.8) is 0 Å². The average molecular weight is 393 g/mol. The van der Waals surface area contributed by atoms with Crippen molar-refractivity contribution in [2.45, 2.75) is 18.6 Å². The maximum Gasteiger partial charge on any atom is 0.411 e. The van der Waals surface area contributed by atoms with Gasteiger partial charge in [-0.3, -0.25) is 4.90 Å². The number of aromatic nitrogens is 1. The summed E-state index contributed by atoms with van der Waals surface area (Å²) in [5.74, 6) is 0.632. The molecule has 1 aliphatic rings. The van der Waals surface area contributed by atoms with Crippen LogP contribution in [0.2, 0.25) is 0 Å². The van der Waals surface area contributed by atoms with Crippen molar-refractivity contribution < 1.29 is 20.1 Å². The number of β-amino-alcohol motifs (C(OH)–C–C–N with tert-alkyl or cyclic N) is 1. The minimum Gasteiger partial charge on any atom is -0.465 e. The van der Waals surface area contributed by atoms with Gasteiger partial charge in [0, 0.05) is 17.2 Å². The van der Waals surface area contributed by atoms with E-state index in [1.165, 1.54) is 13.2 Å². The molecule has 2 atom stereocenters. The van der Waals surface area contributed by atoms with E-state index in [-0.39, 0.29) is 12.6 Å². The molecule has 1 amide bonds. The number of pyridine rings is 1. The molecule has 0 saturated carbocycles. The van der Waals surface area contributed by atoms with E-state index in [2.05, 4.69) is 4.98 Å². The molecule has 7 nitrogen and oxygen atoms in total. The Labute approximate surface area is 130 Å². The zero-order valence-electron chi connectivity index (χ0n) is 10.9. The fraction of sp³-hybridized carbons (Fsp3) is 0.500. The minimum atomic E-state index is -1.05. The molecule has 1 aliphatic heterocycles. The molecule has 110 valence electrons. The van der Waals surface area contributed by atoms with Crippen molar-refractivity contribution >= 4 is 40.2 Å². The number of carbonyl (C=O) groups is 1. The zero-order chi connectivity index (χ0) is 14.9. The van der Waals surface area contributed by atoms with Crippen molar-refractivity contribution in [3.05, 3.63) is 15.8 Å². The van der Waals surface area contributed by atoms with Crippen LogP contribution in [0.15, 0.2) is 12.3 Å². The SMILES string of the molecule is CN(C(=O)O)c1cnc(N2C[C@H](O)C[C@H]2CO)cc1I. The maximum absolute atomic E-state index is 11.0. The highest BCUT2D eigenvalue weighted by atomic mass is 127. The van der Waals surface area contributed by atoms with Gasteiger partial charge < -0.3 is 20.2 Å². The van der Waals surface area contributed by atoms with E-state index >= 15 is 0 Å². The second-order valence-electron chi connectivity index (χ2n) is 4.71. The van der Waals surface area contributed by atoms with Gasteiger partial charge in [0.2, 0.25) is 0 Å². The molecular formula is C12H16IN3O4. The lowest BCUT2D eigenvalue weighted by molar-refractivity contribution is 0.184. The van der Waals surface area contributed by atoms with Crippen LogP contribution in [0.1, 0.15) is 6.42 Å². The van der Waals surface area contributed by atoms with Crippen LogP contribution < -0.4 is 9.80 Å². The number of aliphatic hydroxyl groups excluding tert-OH is 2. The first-order valence-corrected chi connectivity index (χ1v) is 7.19. The standard InChI is InChI=1S/C12H16IN3O4/c1-15(12(19)20)10-4-14-11(3-9(10)13)16-5-8(18)2-7(16)6-17/h3-4,7-8,17-18H,2,5-6H2,1H3,(H,19,20)/t7-,8+/m0/s1. The molecule has 1 aromatic heterocycles. The van der Waals surface area contributed by atoms with E-state index in [0.29, 0.717) is 24.5 Å². The van der Waals surface area contributed by atoms with E-state index in [1.807, 2.05) is 27.5 Å². The number of hydrogen-bond acceptors (Lipinski definition) is 5. The van der Waals surface area contributed by atoms with Crippen LogP contribution in [0.3, 0.4) is 0 Å². The number of hydrogen-bond donors (Lipinski definition) is 3. The van der Waals surface area contributed by atoms with Gasteiger partial charge >= 0.3 is 6.09 Å². The molecule has 20 heavy (non-hydrogen) atoms. The Morgan fingerprint density at radius 3 is 2.90 bits per heavy atom. The molecule has 0 radical (unpaired) electrons. The van der Waals surface area contributed by atoms with Crippen molar-refractivity contribution in [3.8, 4) is 0 Å². The molecule has 2 rings (SSSR count). The van der Waals surface area contributed by atoms with E-state index in [1.54, 1.807) is 6.07 Å². The van der Waals surface area contributed by atoms with Gasteiger partial charge in [-0.1, -0.05) is 0 Å². The summed E-state index contributed by atoms with van der Waals surface area (Å²) in [7, 11) is 1.46. The van der Waals surface area contributed by atoms with Crippen LogP contribution in [-0.4, -0.2) is 58.7 Å². The van der Waals surface area contributed by atoms with Gasteiger partial charge in [-0.05, 0) is 35.1 Å². The molecule has 1 fully saturated rings. The van der Waals surface area contributed by atoms with Crippen LogP contribution in [-0.2, 0) is 0 Å². The lowest BCUT2D eigenvalue weighted by Gasteiger charge is -2.25. The summed E-state index contributed by atoms with van der Waals surface area (Å²) < 4.78 is 0.746. The molecule has 3 N–H and O–H groups in total. The Hall–Kier alpha value is -1.13.